The Balaban J connectivity index is 2.74. The van der Waals surface area contributed by atoms with Crippen molar-refractivity contribution in [1.29, 1.82) is 0 Å². The first-order chi connectivity index (χ1) is 8.80. The van der Waals surface area contributed by atoms with E-state index >= 15 is 0 Å². The quantitative estimate of drug-likeness (QED) is 0.602. The lowest BCUT2D eigenvalue weighted by molar-refractivity contribution is 0.881. The van der Waals surface area contributed by atoms with Crippen LogP contribution in [0.2, 0.25) is 0 Å². The van der Waals surface area contributed by atoms with Gasteiger partial charge in [-0.2, -0.15) is 0 Å². The highest BCUT2D eigenvalue weighted by atomic mass is 31.0. The van der Waals surface area contributed by atoms with Gasteiger partial charge in [-0.1, -0.05) is 18.2 Å². The van der Waals surface area contributed by atoms with E-state index in [0.29, 0.717) is 0 Å². The topological polar surface area (TPSA) is 0 Å². The molecule has 0 nitrogen and oxygen atoms in total. The highest BCUT2D eigenvalue weighted by Gasteiger charge is 2.01. The summed E-state index contributed by atoms with van der Waals surface area (Å²) in [6, 6.07) is 7.26. The predicted molar refractivity (Wildman–Crippen MR) is 95.1 cm³/mol. The van der Waals surface area contributed by atoms with Crippen LogP contribution in [-0.4, -0.2) is 18.5 Å². The van der Waals surface area contributed by atoms with Gasteiger partial charge < -0.3 is 0 Å². The van der Waals surface area contributed by atoms with E-state index in [9.17, 15) is 0 Å². The zero-order valence-corrected chi connectivity index (χ0v) is 14.8. The van der Waals surface area contributed by atoms with Crippen molar-refractivity contribution in [3.8, 4) is 0 Å². The summed E-state index contributed by atoms with van der Waals surface area (Å²) in [4.78, 5) is 0. The standard InChI is InChI=1S/C15H27P3/c16-7-1-4-13-10-14(5-2-8-17)12-15(11-13)6-3-9-18/h10-12H,1-9,16-18H2. The van der Waals surface area contributed by atoms with Gasteiger partial charge in [-0.25, -0.2) is 0 Å². The molecule has 0 N–H and O–H groups in total. The third-order valence-electron chi connectivity index (χ3n) is 3.12. The lowest BCUT2D eigenvalue weighted by atomic mass is 9.98. The van der Waals surface area contributed by atoms with Crippen molar-refractivity contribution in [3.05, 3.63) is 34.9 Å². The van der Waals surface area contributed by atoms with Crippen LogP contribution in [0.25, 0.3) is 0 Å². The maximum atomic E-state index is 2.83. The van der Waals surface area contributed by atoms with E-state index in [1.807, 2.05) is 0 Å². The van der Waals surface area contributed by atoms with Crippen LogP contribution >= 0.6 is 27.7 Å². The van der Waals surface area contributed by atoms with Gasteiger partial charge in [0.15, 0.2) is 0 Å². The molecule has 1 aromatic rings. The summed E-state index contributed by atoms with van der Waals surface area (Å²) in [5.74, 6) is 0. The molecule has 0 radical (unpaired) electrons. The van der Waals surface area contributed by atoms with Crippen molar-refractivity contribution < 1.29 is 0 Å². The van der Waals surface area contributed by atoms with Gasteiger partial charge in [0.05, 0.1) is 0 Å². The number of aryl methyl sites for hydroxylation is 3. The van der Waals surface area contributed by atoms with Crippen molar-refractivity contribution in [1.82, 2.24) is 0 Å². The number of hydrogen-bond acceptors (Lipinski definition) is 0. The van der Waals surface area contributed by atoms with Gasteiger partial charge in [0, 0.05) is 0 Å². The second kappa shape index (κ2) is 10.3. The molecule has 102 valence electrons. The summed E-state index contributed by atoms with van der Waals surface area (Å²) in [7, 11) is 8.48. The van der Waals surface area contributed by atoms with Crippen LogP contribution < -0.4 is 0 Å². The Bertz CT molecular complexity index is 272. The fourth-order valence-corrected chi connectivity index (χ4v) is 2.80. The number of benzene rings is 1. The van der Waals surface area contributed by atoms with Gasteiger partial charge in [0.25, 0.3) is 0 Å². The second-order valence-electron chi connectivity index (χ2n) is 4.83. The molecular weight excluding hydrogens is 273 g/mol. The minimum atomic E-state index is 1.21. The van der Waals surface area contributed by atoms with E-state index in [-0.39, 0.29) is 0 Å². The van der Waals surface area contributed by atoms with Crippen LogP contribution in [0.5, 0.6) is 0 Å². The summed E-state index contributed by atoms with van der Waals surface area (Å²) >= 11 is 0. The molecule has 3 heteroatoms. The molecule has 0 heterocycles. The molecule has 0 aromatic heterocycles. The molecule has 0 amide bonds. The highest BCUT2D eigenvalue weighted by molar-refractivity contribution is 7.16. The Hall–Kier alpha value is 0.510. The minimum absolute atomic E-state index is 1.21. The van der Waals surface area contributed by atoms with Gasteiger partial charge in [-0.05, 0) is 73.7 Å². The average Bonchev–Trinajstić information content (AvgIpc) is 2.40. The lowest BCUT2D eigenvalue weighted by Gasteiger charge is -2.09. The molecule has 0 aliphatic carbocycles. The van der Waals surface area contributed by atoms with E-state index in [0.717, 1.165) is 0 Å². The van der Waals surface area contributed by atoms with Crippen LogP contribution in [0.3, 0.4) is 0 Å². The van der Waals surface area contributed by atoms with Crippen molar-refractivity contribution in [2.45, 2.75) is 38.5 Å². The van der Waals surface area contributed by atoms with Gasteiger partial charge in [0.1, 0.15) is 0 Å². The average molecular weight is 300 g/mol. The first-order valence-electron chi connectivity index (χ1n) is 7.02. The van der Waals surface area contributed by atoms with Gasteiger partial charge in [-0.3, -0.25) is 0 Å². The monoisotopic (exact) mass is 300 g/mol. The summed E-state index contributed by atoms with van der Waals surface area (Å²) < 4.78 is 0. The Morgan fingerprint density at radius 3 is 1.06 bits per heavy atom. The molecule has 3 unspecified atom stereocenters. The molecular formula is C15H27P3. The van der Waals surface area contributed by atoms with Crippen LogP contribution in [0.4, 0.5) is 0 Å². The van der Waals surface area contributed by atoms with E-state index in [1.54, 1.807) is 0 Å². The minimum Gasteiger partial charge on any atom is -0.138 e. The zero-order chi connectivity index (χ0) is 13.2. The van der Waals surface area contributed by atoms with E-state index in [1.165, 1.54) is 73.7 Å². The Kier molecular flexibility index (Phi) is 9.49. The molecule has 0 aliphatic heterocycles. The fraction of sp³-hybridized carbons (Fsp3) is 0.600. The molecule has 18 heavy (non-hydrogen) atoms. The maximum absolute atomic E-state index is 2.83. The SMILES string of the molecule is PCCCc1cc(CCCP)cc(CCCP)c1. The van der Waals surface area contributed by atoms with Crippen LogP contribution in [0.1, 0.15) is 36.0 Å². The molecule has 0 aliphatic rings. The van der Waals surface area contributed by atoms with E-state index in [4.69, 9.17) is 0 Å². The second-order valence-corrected chi connectivity index (χ2v) is 6.57. The zero-order valence-electron chi connectivity index (χ0n) is 11.3. The maximum Gasteiger partial charge on any atom is -0.0275 e. The Morgan fingerprint density at radius 1 is 0.556 bits per heavy atom. The highest BCUT2D eigenvalue weighted by Crippen LogP contribution is 2.16. The van der Waals surface area contributed by atoms with Crippen molar-refractivity contribution in [3.63, 3.8) is 0 Å². The molecule has 0 bridgehead atoms. The molecule has 1 aromatic carbocycles. The van der Waals surface area contributed by atoms with E-state index < -0.39 is 0 Å². The molecule has 0 saturated heterocycles. The molecule has 0 spiro atoms. The lowest BCUT2D eigenvalue weighted by Crippen LogP contribution is -1.96. The van der Waals surface area contributed by atoms with Gasteiger partial charge in [-0.15, -0.1) is 27.7 Å². The Labute approximate surface area is 120 Å². The predicted octanol–water partition coefficient (Wildman–Crippen LogP) is 4.11. The summed E-state index contributed by atoms with van der Waals surface area (Å²) in [6.45, 7) is 0. The van der Waals surface area contributed by atoms with Crippen molar-refractivity contribution in [2.24, 2.45) is 0 Å². The fourth-order valence-electron chi connectivity index (χ4n) is 2.19. The molecule has 1 rings (SSSR count). The van der Waals surface area contributed by atoms with Gasteiger partial charge in [0.2, 0.25) is 0 Å². The van der Waals surface area contributed by atoms with Crippen LogP contribution in [0, 0.1) is 0 Å². The molecule has 0 saturated carbocycles. The molecule has 0 fully saturated rings. The van der Waals surface area contributed by atoms with E-state index in [2.05, 4.69) is 45.9 Å². The van der Waals surface area contributed by atoms with Crippen LogP contribution in [0.15, 0.2) is 18.2 Å². The summed E-state index contributed by atoms with van der Waals surface area (Å²) in [6.07, 6.45) is 11.1. The summed E-state index contributed by atoms with van der Waals surface area (Å²) in [5.41, 5.74) is 4.62. The third-order valence-corrected chi connectivity index (χ3v) is 4.35. The number of hydrogen-bond donors (Lipinski definition) is 0. The summed E-state index contributed by atoms with van der Waals surface area (Å²) in [5, 5.41) is 0. The smallest absolute Gasteiger partial charge is 0.0275 e. The van der Waals surface area contributed by atoms with Crippen LogP contribution in [-0.2, 0) is 19.3 Å². The molecule has 3 atom stereocenters. The van der Waals surface area contributed by atoms with Crippen molar-refractivity contribution in [2.75, 3.05) is 18.5 Å². The van der Waals surface area contributed by atoms with Gasteiger partial charge >= 0.3 is 0 Å². The first-order valence-corrected chi connectivity index (χ1v) is 9.47. The number of rotatable bonds is 9. The largest absolute Gasteiger partial charge is 0.138 e. The normalized spacial score (nSPS) is 10.8. The first kappa shape index (κ1) is 16.6. The third kappa shape index (κ3) is 6.61. The Morgan fingerprint density at radius 2 is 0.833 bits per heavy atom. The van der Waals surface area contributed by atoms with Crippen molar-refractivity contribution >= 4 is 27.7 Å².